The van der Waals surface area contributed by atoms with Crippen LogP contribution in [-0.4, -0.2) is 54.5 Å². The molecule has 19 heavy (non-hydrogen) atoms. The number of ether oxygens (including phenoxy) is 1. The summed E-state index contributed by atoms with van der Waals surface area (Å²) in [5, 5.41) is 27.6. The van der Waals surface area contributed by atoms with Crippen LogP contribution in [0.5, 0.6) is 5.75 Å². The zero-order valence-corrected chi connectivity index (χ0v) is 11.4. The van der Waals surface area contributed by atoms with Crippen molar-refractivity contribution < 1.29 is 25.0 Å². The summed E-state index contributed by atoms with van der Waals surface area (Å²) in [5.74, 6) is 0.622. The van der Waals surface area contributed by atoms with Crippen molar-refractivity contribution in [3.63, 3.8) is 0 Å². The molecule has 108 valence electrons. The molecule has 0 spiro atoms. The highest BCUT2D eigenvalue weighted by Crippen LogP contribution is 2.13. The lowest BCUT2D eigenvalue weighted by Crippen LogP contribution is -3.14. The number of hydrogen-bond acceptors (Lipinski definition) is 4. The van der Waals surface area contributed by atoms with Gasteiger partial charge in [0, 0.05) is 0 Å². The average Bonchev–Trinajstić information content (AvgIpc) is 2.40. The number of rotatable bonds is 9. The Bertz CT molecular complexity index is 336. The Morgan fingerprint density at radius 3 is 2.16 bits per heavy atom. The van der Waals surface area contributed by atoms with Gasteiger partial charge < -0.3 is 25.0 Å². The van der Waals surface area contributed by atoms with E-state index in [0.29, 0.717) is 25.4 Å². The molecule has 0 saturated heterocycles. The van der Waals surface area contributed by atoms with Gasteiger partial charge in [0.2, 0.25) is 6.29 Å². The number of aliphatic hydroxyl groups is 3. The fourth-order valence-electron chi connectivity index (χ4n) is 1.89. The average molecular weight is 270 g/mol. The highest BCUT2D eigenvalue weighted by atomic mass is 16.6. The monoisotopic (exact) mass is 270 g/mol. The largest absolute Gasteiger partial charge is 0.459 e. The lowest BCUT2D eigenvalue weighted by atomic mass is 10.2. The standard InChI is InChI=1S/C14H23NO4/c1-2-12-3-5-13(6-4-12)19-14(18)11-15(7-9-16)8-10-17/h3-6,14,16-18H,2,7-11H2,1H3/p+1/t14-/m0/s1. The third-order valence-electron chi connectivity index (χ3n) is 3.00. The molecule has 0 amide bonds. The van der Waals surface area contributed by atoms with Crippen molar-refractivity contribution in [1.29, 1.82) is 0 Å². The van der Waals surface area contributed by atoms with E-state index in [0.717, 1.165) is 11.3 Å². The molecular weight excluding hydrogens is 246 g/mol. The van der Waals surface area contributed by atoms with Crippen molar-refractivity contribution in [2.45, 2.75) is 19.6 Å². The lowest BCUT2D eigenvalue weighted by molar-refractivity contribution is -0.906. The summed E-state index contributed by atoms with van der Waals surface area (Å²) in [5.41, 5.74) is 1.22. The van der Waals surface area contributed by atoms with Gasteiger partial charge >= 0.3 is 0 Å². The Kier molecular flexibility index (Phi) is 7.43. The number of quaternary nitrogens is 1. The molecule has 0 aromatic heterocycles. The smallest absolute Gasteiger partial charge is 0.247 e. The van der Waals surface area contributed by atoms with Crippen molar-refractivity contribution >= 4 is 0 Å². The van der Waals surface area contributed by atoms with Crippen LogP contribution in [0.4, 0.5) is 0 Å². The molecule has 0 aliphatic heterocycles. The van der Waals surface area contributed by atoms with E-state index < -0.39 is 6.29 Å². The summed E-state index contributed by atoms with van der Waals surface area (Å²) >= 11 is 0. The Morgan fingerprint density at radius 1 is 1.11 bits per heavy atom. The molecule has 0 fully saturated rings. The summed E-state index contributed by atoms with van der Waals surface area (Å²) in [7, 11) is 0. The fourth-order valence-corrected chi connectivity index (χ4v) is 1.89. The van der Waals surface area contributed by atoms with E-state index in [1.807, 2.05) is 24.3 Å². The van der Waals surface area contributed by atoms with Gasteiger partial charge in [-0.1, -0.05) is 19.1 Å². The van der Waals surface area contributed by atoms with E-state index in [-0.39, 0.29) is 13.2 Å². The molecule has 0 radical (unpaired) electrons. The van der Waals surface area contributed by atoms with Crippen LogP contribution >= 0.6 is 0 Å². The molecule has 0 bridgehead atoms. The van der Waals surface area contributed by atoms with Crippen molar-refractivity contribution in [3.05, 3.63) is 29.8 Å². The maximum atomic E-state index is 9.85. The quantitative estimate of drug-likeness (QED) is 0.426. The minimum absolute atomic E-state index is 0.0211. The second-order valence-electron chi connectivity index (χ2n) is 4.47. The van der Waals surface area contributed by atoms with Gasteiger partial charge in [-0.15, -0.1) is 0 Å². The van der Waals surface area contributed by atoms with Gasteiger partial charge in [-0.3, -0.25) is 0 Å². The fraction of sp³-hybridized carbons (Fsp3) is 0.571. The lowest BCUT2D eigenvalue weighted by Gasteiger charge is -2.21. The van der Waals surface area contributed by atoms with Crippen LogP contribution in [0.3, 0.4) is 0 Å². The molecule has 1 rings (SSSR count). The highest BCUT2D eigenvalue weighted by Gasteiger charge is 2.15. The summed E-state index contributed by atoms with van der Waals surface area (Å²) < 4.78 is 5.41. The van der Waals surface area contributed by atoms with Crippen LogP contribution in [0.2, 0.25) is 0 Å². The summed E-state index contributed by atoms with van der Waals surface area (Å²) in [6.45, 7) is 3.42. The summed E-state index contributed by atoms with van der Waals surface area (Å²) in [4.78, 5) is 0.905. The molecule has 1 atom stereocenters. The summed E-state index contributed by atoms with van der Waals surface area (Å²) in [6.07, 6.45) is 0.0221. The van der Waals surface area contributed by atoms with Gasteiger partial charge in [0.05, 0.1) is 13.2 Å². The van der Waals surface area contributed by atoms with Crippen LogP contribution in [0.15, 0.2) is 24.3 Å². The van der Waals surface area contributed by atoms with E-state index in [2.05, 4.69) is 6.92 Å². The maximum Gasteiger partial charge on any atom is 0.247 e. The molecule has 0 heterocycles. The predicted molar refractivity (Wildman–Crippen MR) is 72.2 cm³/mol. The maximum absolute atomic E-state index is 9.85. The van der Waals surface area contributed by atoms with E-state index in [4.69, 9.17) is 14.9 Å². The zero-order valence-electron chi connectivity index (χ0n) is 11.4. The number of aliphatic hydroxyl groups excluding tert-OH is 3. The van der Waals surface area contributed by atoms with Crippen LogP contribution < -0.4 is 9.64 Å². The predicted octanol–water partition coefficient (Wildman–Crippen LogP) is -1.18. The van der Waals surface area contributed by atoms with Crippen LogP contribution in [0.1, 0.15) is 12.5 Å². The number of hydrogen-bond donors (Lipinski definition) is 4. The minimum Gasteiger partial charge on any atom is -0.459 e. The molecule has 4 N–H and O–H groups in total. The first kappa shape index (κ1) is 15.9. The Balaban J connectivity index is 2.45. The van der Waals surface area contributed by atoms with Gasteiger partial charge in [-0.05, 0) is 24.1 Å². The van der Waals surface area contributed by atoms with Gasteiger partial charge in [0.15, 0.2) is 0 Å². The van der Waals surface area contributed by atoms with Gasteiger partial charge in [0.25, 0.3) is 0 Å². The van der Waals surface area contributed by atoms with Crippen LogP contribution in [0.25, 0.3) is 0 Å². The Labute approximate surface area is 114 Å². The molecule has 0 aliphatic carbocycles. The van der Waals surface area contributed by atoms with Crippen molar-refractivity contribution in [3.8, 4) is 5.75 Å². The van der Waals surface area contributed by atoms with Crippen LogP contribution in [0, 0.1) is 0 Å². The Hall–Kier alpha value is -1.14. The molecule has 1 aromatic carbocycles. The normalized spacial score (nSPS) is 12.7. The SMILES string of the molecule is CCc1ccc(O[C@H](O)C[NH+](CCO)CCO)cc1. The topological polar surface area (TPSA) is 74.4 Å². The number of nitrogens with one attached hydrogen (secondary N) is 1. The third kappa shape index (κ3) is 6.02. The third-order valence-corrected chi connectivity index (χ3v) is 3.00. The first-order chi connectivity index (χ1) is 9.19. The van der Waals surface area contributed by atoms with Gasteiger partial charge in [-0.25, -0.2) is 0 Å². The zero-order chi connectivity index (χ0) is 14.1. The van der Waals surface area contributed by atoms with Crippen molar-refractivity contribution in [1.82, 2.24) is 0 Å². The molecule has 0 unspecified atom stereocenters. The van der Waals surface area contributed by atoms with Gasteiger partial charge in [-0.2, -0.15) is 0 Å². The number of benzene rings is 1. The summed E-state index contributed by atoms with van der Waals surface area (Å²) in [6, 6.07) is 7.60. The Morgan fingerprint density at radius 2 is 1.68 bits per heavy atom. The van der Waals surface area contributed by atoms with E-state index >= 15 is 0 Å². The van der Waals surface area contributed by atoms with E-state index in [1.165, 1.54) is 5.56 Å². The van der Waals surface area contributed by atoms with Gasteiger partial charge in [0.1, 0.15) is 25.4 Å². The molecule has 5 nitrogen and oxygen atoms in total. The molecule has 1 aromatic rings. The first-order valence-corrected chi connectivity index (χ1v) is 6.68. The molecular formula is C14H24NO4+. The van der Waals surface area contributed by atoms with Crippen LogP contribution in [-0.2, 0) is 6.42 Å². The van der Waals surface area contributed by atoms with E-state index in [1.54, 1.807) is 0 Å². The molecule has 5 heteroatoms. The minimum atomic E-state index is -0.944. The first-order valence-electron chi connectivity index (χ1n) is 6.68. The number of aryl methyl sites for hydroxylation is 1. The molecule has 0 saturated carbocycles. The second-order valence-corrected chi connectivity index (χ2v) is 4.47. The van der Waals surface area contributed by atoms with Crippen molar-refractivity contribution in [2.24, 2.45) is 0 Å². The highest BCUT2D eigenvalue weighted by molar-refractivity contribution is 5.27. The second kappa shape index (κ2) is 8.87. The molecule has 0 aliphatic rings. The van der Waals surface area contributed by atoms with Crippen molar-refractivity contribution in [2.75, 3.05) is 32.8 Å². The van der Waals surface area contributed by atoms with E-state index in [9.17, 15) is 5.11 Å².